The second-order valence-corrected chi connectivity index (χ2v) is 4.40. The maximum Gasteiger partial charge on any atom is 0.0813 e. The predicted molar refractivity (Wildman–Crippen MR) is 59.2 cm³/mol. The van der Waals surface area contributed by atoms with Gasteiger partial charge in [-0.25, -0.2) is 0 Å². The van der Waals surface area contributed by atoms with Crippen molar-refractivity contribution in [2.75, 3.05) is 19.6 Å². The van der Waals surface area contributed by atoms with Crippen molar-refractivity contribution in [1.29, 1.82) is 0 Å². The molecule has 3 heteroatoms. The number of piperidine rings is 3. The number of nitrogens with zero attached hydrogens (tertiary/aromatic N) is 3. The first-order chi connectivity index (χ1) is 7.42. The monoisotopic (exact) mass is 201 g/mol. The number of aromatic nitrogens is 2. The molecule has 0 radical (unpaired) electrons. The molecule has 3 nitrogen and oxygen atoms in total. The van der Waals surface area contributed by atoms with E-state index in [1.54, 1.807) is 18.0 Å². The minimum atomic E-state index is 0.803. The zero-order valence-electron chi connectivity index (χ0n) is 8.76. The molecular weight excluding hydrogens is 186 g/mol. The molecule has 1 aromatic rings. The van der Waals surface area contributed by atoms with Gasteiger partial charge in [0, 0.05) is 18.9 Å². The van der Waals surface area contributed by atoms with Crippen LogP contribution in [-0.2, 0) is 0 Å². The van der Waals surface area contributed by atoms with Crippen molar-refractivity contribution in [3.63, 3.8) is 0 Å². The SMILES string of the molecule is C(=C1\CN2CCC1CC2)/c1cnccn1. The fourth-order valence-corrected chi connectivity index (χ4v) is 2.59. The summed E-state index contributed by atoms with van der Waals surface area (Å²) in [6.45, 7) is 3.70. The molecule has 0 aromatic carbocycles. The Morgan fingerprint density at radius 3 is 2.73 bits per heavy atom. The van der Waals surface area contributed by atoms with Gasteiger partial charge >= 0.3 is 0 Å². The van der Waals surface area contributed by atoms with Gasteiger partial charge in [-0.05, 0) is 37.9 Å². The topological polar surface area (TPSA) is 29.0 Å². The Bertz CT molecular complexity index is 364. The lowest BCUT2D eigenvalue weighted by atomic mass is 9.83. The second-order valence-electron chi connectivity index (χ2n) is 4.40. The van der Waals surface area contributed by atoms with Gasteiger partial charge in [-0.15, -0.1) is 0 Å². The Morgan fingerprint density at radius 2 is 2.13 bits per heavy atom. The summed E-state index contributed by atoms with van der Waals surface area (Å²) in [6, 6.07) is 0. The van der Waals surface area contributed by atoms with E-state index in [1.807, 2.05) is 6.20 Å². The predicted octanol–water partition coefficient (Wildman–Crippen LogP) is 1.59. The lowest BCUT2D eigenvalue weighted by molar-refractivity contribution is 0.163. The van der Waals surface area contributed by atoms with Crippen molar-refractivity contribution in [2.24, 2.45) is 5.92 Å². The van der Waals surface area contributed by atoms with Crippen LogP contribution in [0.4, 0.5) is 0 Å². The maximum atomic E-state index is 4.30. The van der Waals surface area contributed by atoms with E-state index >= 15 is 0 Å². The fourth-order valence-electron chi connectivity index (χ4n) is 2.59. The first-order valence-corrected chi connectivity index (χ1v) is 5.60. The summed E-state index contributed by atoms with van der Waals surface area (Å²) in [5.74, 6) is 0.803. The van der Waals surface area contributed by atoms with E-state index in [9.17, 15) is 0 Å². The molecule has 0 amide bonds. The minimum absolute atomic E-state index is 0.803. The summed E-state index contributed by atoms with van der Waals surface area (Å²) >= 11 is 0. The summed E-state index contributed by atoms with van der Waals surface area (Å²) < 4.78 is 0. The third kappa shape index (κ3) is 1.79. The molecule has 0 spiro atoms. The fraction of sp³-hybridized carbons (Fsp3) is 0.500. The van der Waals surface area contributed by atoms with E-state index in [0.717, 1.165) is 18.2 Å². The van der Waals surface area contributed by atoms with Gasteiger partial charge in [-0.2, -0.15) is 0 Å². The largest absolute Gasteiger partial charge is 0.299 e. The van der Waals surface area contributed by atoms with Crippen LogP contribution in [0.15, 0.2) is 24.2 Å². The number of hydrogen-bond donors (Lipinski definition) is 0. The van der Waals surface area contributed by atoms with Gasteiger partial charge in [0.05, 0.1) is 11.9 Å². The first-order valence-electron chi connectivity index (χ1n) is 5.60. The molecule has 1 aromatic heterocycles. The van der Waals surface area contributed by atoms with E-state index < -0.39 is 0 Å². The quantitative estimate of drug-likeness (QED) is 0.691. The van der Waals surface area contributed by atoms with E-state index in [4.69, 9.17) is 0 Å². The van der Waals surface area contributed by atoms with Crippen LogP contribution in [0.2, 0.25) is 0 Å². The van der Waals surface area contributed by atoms with Gasteiger partial charge in [0.1, 0.15) is 0 Å². The molecule has 2 bridgehead atoms. The molecule has 0 atom stereocenters. The number of fused-ring (bicyclic) bond motifs is 3. The van der Waals surface area contributed by atoms with Crippen LogP contribution in [0.3, 0.4) is 0 Å². The van der Waals surface area contributed by atoms with Crippen LogP contribution in [0, 0.1) is 5.92 Å². The molecule has 0 N–H and O–H groups in total. The van der Waals surface area contributed by atoms with Gasteiger partial charge in [-0.3, -0.25) is 14.9 Å². The summed E-state index contributed by atoms with van der Waals surface area (Å²) in [7, 11) is 0. The Hall–Kier alpha value is -1.22. The molecule has 0 unspecified atom stereocenters. The van der Waals surface area contributed by atoms with Crippen LogP contribution >= 0.6 is 0 Å². The van der Waals surface area contributed by atoms with Crippen LogP contribution in [0.25, 0.3) is 6.08 Å². The highest BCUT2D eigenvalue weighted by atomic mass is 15.1. The van der Waals surface area contributed by atoms with Gasteiger partial charge in [0.25, 0.3) is 0 Å². The maximum absolute atomic E-state index is 4.30. The molecule has 3 saturated heterocycles. The van der Waals surface area contributed by atoms with E-state index in [1.165, 1.54) is 25.9 Å². The first kappa shape index (κ1) is 9.04. The highest BCUT2D eigenvalue weighted by Gasteiger charge is 2.29. The Morgan fingerprint density at radius 1 is 1.27 bits per heavy atom. The standard InChI is InChI=1S/C12H15N3/c1-5-15-6-2-10(1)11(9-15)7-12-8-13-3-4-14-12/h3-4,7-8,10H,1-2,5-6,9H2/b11-7-. The molecule has 4 heterocycles. The van der Waals surface area contributed by atoms with Crippen molar-refractivity contribution in [3.05, 3.63) is 29.9 Å². The lowest BCUT2D eigenvalue weighted by Crippen LogP contribution is -2.42. The molecule has 3 fully saturated rings. The molecule has 0 aliphatic carbocycles. The van der Waals surface area contributed by atoms with Crippen molar-refractivity contribution >= 4 is 6.08 Å². The van der Waals surface area contributed by atoms with Gasteiger partial charge in [0.15, 0.2) is 0 Å². The molecule has 3 aliphatic rings. The average molecular weight is 201 g/mol. The van der Waals surface area contributed by atoms with Gasteiger partial charge < -0.3 is 0 Å². The minimum Gasteiger partial charge on any atom is -0.299 e. The second kappa shape index (κ2) is 3.74. The van der Waals surface area contributed by atoms with Crippen molar-refractivity contribution < 1.29 is 0 Å². The smallest absolute Gasteiger partial charge is 0.0813 e. The van der Waals surface area contributed by atoms with Crippen LogP contribution < -0.4 is 0 Å². The summed E-state index contributed by atoms with van der Waals surface area (Å²) in [4.78, 5) is 10.9. The zero-order valence-corrected chi connectivity index (χ0v) is 8.76. The molecule has 15 heavy (non-hydrogen) atoms. The normalized spacial score (nSPS) is 32.1. The third-order valence-electron chi connectivity index (χ3n) is 3.43. The summed E-state index contributed by atoms with van der Waals surface area (Å²) in [6.07, 6.45) is 10.2. The third-order valence-corrected chi connectivity index (χ3v) is 3.43. The van der Waals surface area contributed by atoms with Gasteiger partial charge in [-0.1, -0.05) is 5.57 Å². The molecule has 0 saturated carbocycles. The van der Waals surface area contributed by atoms with Crippen LogP contribution in [0.1, 0.15) is 18.5 Å². The zero-order chi connectivity index (χ0) is 10.1. The van der Waals surface area contributed by atoms with Crippen molar-refractivity contribution in [2.45, 2.75) is 12.8 Å². The van der Waals surface area contributed by atoms with Gasteiger partial charge in [0.2, 0.25) is 0 Å². The Labute approximate surface area is 89.8 Å². The van der Waals surface area contributed by atoms with E-state index in [2.05, 4.69) is 20.9 Å². The van der Waals surface area contributed by atoms with E-state index in [0.29, 0.717) is 0 Å². The van der Waals surface area contributed by atoms with Crippen LogP contribution in [-0.4, -0.2) is 34.5 Å². The molecule has 78 valence electrons. The summed E-state index contributed by atoms with van der Waals surface area (Å²) in [5.41, 5.74) is 2.55. The Balaban J connectivity index is 1.85. The highest BCUT2D eigenvalue weighted by Crippen LogP contribution is 2.32. The number of hydrogen-bond acceptors (Lipinski definition) is 3. The average Bonchev–Trinajstić information content (AvgIpc) is 2.32. The van der Waals surface area contributed by atoms with Crippen molar-refractivity contribution in [1.82, 2.24) is 14.9 Å². The van der Waals surface area contributed by atoms with Crippen molar-refractivity contribution in [3.8, 4) is 0 Å². The van der Waals surface area contributed by atoms with Crippen LogP contribution in [0.5, 0.6) is 0 Å². The molecule has 3 aliphatic heterocycles. The lowest BCUT2D eigenvalue weighted by Gasteiger charge is -2.41. The molecule has 4 rings (SSSR count). The number of rotatable bonds is 1. The molecular formula is C12H15N3. The Kier molecular flexibility index (Phi) is 2.25. The summed E-state index contributed by atoms with van der Waals surface area (Å²) in [5, 5.41) is 0. The van der Waals surface area contributed by atoms with E-state index in [-0.39, 0.29) is 0 Å². The highest BCUT2D eigenvalue weighted by molar-refractivity contribution is 5.49.